The second-order valence-corrected chi connectivity index (χ2v) is 7.65. The van der Waals surface area contributed by atoms with E-state index in [0.29, 0.717) is 28.8 Å². The summed E-state index contributed by atoms with van der Waals surface area (Å²) in [6.07, 6.45) is 1.69. The van der Waals surface area contributed by atoms with E-state index in [4.69, 9.17) is 4.55 Å². The molecule has 3 rings (SSSR count). The molecule has 9 nitrogen and oxygen atoms in total. The fourth-order valence-electron chi connectivity index (χ4n) is 2.33. The van der Waals surface area contributed by atoms with Crippen LogP contribution in [0.5, 0.6) is 0 Å². The highest BCUT2D eigenvalue weighted by Crippen LogP contribution is 2.20. The van der Waals surface area contributed by atoms with Crippen molar-refractivity contribution in [3.05, 3.63) is 54.7 Å². The van der Waals surface area contributed by atoms with E-state index in [2.05, 4.69) is 31.1 Å². The Morgan fingerprint density at radius 2 is 1.71 bits per heavy atom. The highest BCUT2D eigenvalue weighted by atomic mass is 32.2. The zero-order valence-corrected chi connectivity index (χ0v) is 16.1. The fourth-order valence-corrected chi connectivity index (χ4v) is 2.81. The molecule has 0 aliphatic rings. The van der Waals surface area contributed by atoms with Crippen LogP contribution in [-0.2, 0) is 10.1 Å². The van der Waals surface area contributed by atoms with Crippen LogP contribution in [0, 0.1) is 0 Å². The van der Waals surface area contributed by atoms with Crippen LogP contribution in [0.25, 0.3) is 11.4 Å². The van der Waals surface area contributed by atoms with Gasteiger partial charge >= 0.3 is 0 Å². The van der Waals surface area contributed by atoms with Crippen molar-refractivity contribution >= 4 is 27.6 Å². The Hall–Kier alpha value is -3.24. The first-order chi connectivity index (χ1) is 13.3. The highest BCUT2D eigenvalue weighted by Gasteiger charge is 2.10. The number of pyridine rings is 1. The Bertz CT molecular complexity index is 1040. The van der Waals surface area contributed by atoms with E-state index in [0.717, 1.165) is 0 Å². The standard InChI is InChI=1S/C18H20N6O3S/c1-12(2)20-18-21-16(15-5-3-4-10-19-15)11-17(22-18)24-23-13-6-8-14(9-7-13)28(25,26)27/h3-12,23H,1-2H3,(H,25,26,27)(H2,20,21,22,24). The fraction of sp³-hybridized carbons (Fsp3) is 0.167. The minimum atomic E-state index is -4.22. The topological polar surface area (TPSA) is 129 Å². The maximum Gasteiger partial charge on any atom is 0.294 e. The van der Waals surface area contributed by atoms with Crippen LogP contribution in [0.1, 0.15) is 13.8 Å². The van der Waals surface area contributed by atoms with Crippen molar-refractivity contribution < 1.29 is 13.0 Å². The molecule has 0 unspecified atom stereocenters. The van der Waals surface area contributed by atoms with Crippen molar-refractivity contribution in [2.45, 2.75) is 24.8 Å². The Balaban J connectivity index is 1.82. The van der Waals surface area contributed by atoms with Gasteiger partial charge in [-0.25, -0.2) is 4.98 Å². The first-order valence-corrected chi connectivity index (χ1v) is 9.92. The molecule has 2 heterocycles. The summed E-state index contributed by atoms with van der Waals surface area (Å²) < 4.78 is 31.3. The summed E-state index contributed by atoms with van der Waals surface area (Å²) in [5.74, 6) is 0.946. The van der Waals surface area contributed by atoms with Crippen molar-refractivity contribution in [2.24, 2.45) is 0 Å². The predicted octanol–water partition coefficient (Wildman–Crippen LogP) is 3.04. The lowest BCUT2D eigenvalue weighted by molar-refractivity contribution is 0.483. The van der Waals surface area contributed by atoms with E-state index in [1.165, 1.54) is 24.3 Å². The first-order valence-electron chi connectivity index (χ1n) is 8.48. The van der Waals surface area contributed by atoms with Crippen LogP contribution < -0.4 is 16.2 Å². The number of hydrogen-bond donors (Lipinski definition) is 4. The quantitative estimate of drug-likeness (QED) is 0.349. The smallest absolute Gasteiger partial charge is 0.294 e. The van der Waals surface area contributed by atoms with Crippen molar-refractivity contribution in [2.75, 3.05) is 16.2 Å². The molecule has 0 bridgehead atoms. The third kappa shape index (κ3) is 5.15. The Labute approximate surface area is 163 Å². The average Bonchev–Trinajstić information content (AvgIpc) is 2.66. The summed E-state index contributed by atoms with van der Waals surface area (Å²) in [6.45, 7) is 3.97. The van der Waals surface area contributed by atoms with Crippen LogP contribution in [-0.4, -0.2) is 34.0 Å². The lowest BCUT2D eigenvalue weighted by Crippen LogP contribution is -2.16. The predicted molar refractivity (Wildman–Crippen MR) is 108 cm³/mol. The molecule has 0 saturated carbocycles. The highest BCUT2D eigenvalue weighted by molar-refractivity contribution is 7.85. The molecule has 0 spiro atoms. The van der Waals surface area contributed by atoms with Gasteiger partial charge in [0.15, 0.2) is 5.82 Å². The maximum absolute atomic E-state index is 11.1. The normalized spacial score (nSPS) is 11.3. The summed E-state index contributed by atoms with van der Waals surface area (Å²) in [6, 6.07) is 13.1. The van der Waals surface area contributed by atoms with Gasteiger partial charge in [0.05, 0.1) is 22.0 Å². The molecule has 0 amide bonds. The van der Waals surface area contributed by atoms with E-state index in [1.807, 2.05) is 32.0 Å². The van der Waals surface area contributed by atoms with E-state index in [-0.39, 0.29) is 10.9 Å². The molecule has 0 atom stereocenters. The van der Waals surface area contributed by atoms with Crippen LogP contribution >= 0.6 is 0 Å². The average molecular weight is 400 g/mol. The number of benzene rings is 1. The molecule has 28 heavy (non-hydrogen) atoms. The number of nitrogens with one attached hydrogen (secondary N) is 3. The number of hydrogen-bond acceptors (Lipinski definition) is 8. The molecule has 0 radical (unpaired) electrons. The molecular weight excluding hydrogens is 380 g/mol. The minimum absolute atomic E-state index is 0.146. The maximum atomic E-state index is 11.1. The number of hydrazine groups is 1. The number of nitrogens with zero attached hydrogens (tertiary/aromatic N) is 3. The zero-order valence-electron chi connectivity index (χ0n) is 15.3. The zero-order chi connectivity index (χ0) is 20.1. The SMILES string of the molecule is CC(C)Nc1nc(NNc2ccc(S(=O)(=O)O)cc2)cc(-c2ccccn2)n1. The number of rotatable bonds is 7. The number of anilines is 3. The molecule has 4 N–H and O–H groups in total. The lowest BCUT2D eigenvalue weighted by Gasteiger charge is -2.14. The summed E-state index contributed by atoms with van der Waals surface area (Å²) in [5.41, 5.74) is 7.83. The second-order valence-electron chi connectivity index (χ2n) is 6.23. The Morgan fingerprint density at radius 1 is 0.964 bits per heavy atom. The molecule has 3 aromatic rings. The van der Waals surface area contributed by atoms with Crippen LogP contribution in [0.15, 0.2) is 59.6 Å². The van der Waals surface area contributed by atoms with Crippen molar-refractivity contribution in [1.82, 2.24) is 15.0 Å². The summed E-state index contributed by atoms with van der Waals surface area (Å²) in [5, 5.41) is 3.17. The second kappa shape index (κ2) is 8.19. The molecule has 10 heteroatoms. The van der Waals surface area contributed by atoms with Crippen molar-refractivity contribution in [1.29, 1.82) is 0 Å². The van der Waals surface area contributed by atoms with Gasteiger partial charge in [0.2, 0.25) is 5.95 Å². The molecule has 146 valence electrons. The largest absolute Gasteiger partial charge is 0.352 e. The molecule has 0 saturated heterocycles. The molecule has 2 aromatic heterocycles. The van der Waals surface area contributed by atoms with E-state index in [9.17, 15) is 8.42 Å². The van der Waals surface area contributed by atoms with E-state index >= 15 is 0 Å². The number of aromatic nitrogens is 3. The van der Waals surface area contributed by atoms with Gasteiger partial charge in [-0.15, -0.1) is 0 Å². The van der Waals surface area contributed by atoms with Gasteiger partial charge in [-0.3, -0.25) is 20.4 Å². The van der Waals surface area contributed by atoms with Gasteiger partial charge in [0.1, 0.15) is 0 Å². The van der Waals surface area contributed by atoms with Gasteiger partial charge in [-0.05, 0) is 50.2 Å². The summed E-state index contributed by atoms with van der Waals surface area (Å²) in [4.78, 5) is 13.0. The van der Waals surface area contributed by atoms with Gasteiger partial charge in [0.25, 0.3) is 10.1 Å². The third-order valence-corrected chi connectivity index (χ3v) is 4.43. The Morgan fingerprint density at radius 3 is 2.32 bits per heavy atom. The van der Waals surface area contributed by atoms with Gasteiger partial charge in [-0.1, -0.05) is 6.07 Å². The van der Waals surface area contributed by atoms with Crippen molar-refractivity contribution in [3.63, 3.8) is 0 Å². The van der Waals surface area contributed by atoms with E-state index in [1.54, 1.807) is 12.3 Å². The van der Waals surface area contributed by atoms with E-state index < -0.39 is 10.1 Å². The molecule has 0 aliphatic heterocycles. The van der Waals surface area contributed by atoms with Crippen molar-refractivity contribution in [3.8, 4) is 11.4 Å². The van der Waals surface area contributed by atoms with Crippen LogP contribution in [0.3, 0.4) is 0 Å². The van der Waals surface area contributed by atoms with Crippen LogP contribution in [0.2, 0.25) is 0 Å². The molecule has 0 aliphatic carbocycles. The van der Waals surface area contributed by atoms with Crippen LogP contribution in [0.4, 0.5) is 17.5 Å². The summed E-state index contributed by atoms with van der Waals surface area (Å²) >= 11 is 0. The van der Waals surface area contributed by atoms with Gasteiger partial charge < -0.3 is 5.32 Å². The molecule has 1 aromatic carbocycles. The first kappa shape index (κ1) is 19.5. The lowest BCUT2D eigenvalue weighted by atomic mass is 10.2. The summed E-state index contributed by atoms with van der Waals surface area (Å²) in [7, 11) is -4.22. The molecular formula is C18H20N6O3S. The monoisotopic (exact) mass is 400 g/mol. The minimum Gasteiger partial charge on any atom is -0.352 e. The Kier molecular flexibility index (Phi) is 5.71. The third-order valence-electron chi connectivity index (χ3n) is 3.56. The van der Waals surface area contributed by atoms with Gasteiger partial charge in [0, 0.05) is 18.3 Å². The molecule has 0 fully saturated rings. The van der Waals surface area contributed by atoms with Gasteiger partial charge in [-0.2, -0.15) is 13.4 Å².